The number of hydrogen-bond donors (Lipinski definition) is 1. The average molecular weight is 429 g/mol. The molecule has 0 aliphatic carbocycles. The van der Waals surface area contributed by atoms with E-state index in [4.69, 9.17) is 26.8 Å². The van der Waals surface area contributed by atoms with Gasteiger partial charge in [0.25, 0.3) is 5.91 Å². The number of carboxylic acid groups (broad SMARTS) is 1. The molecule has 1 saturated heterocycles. The summed E-state index contributed by atoms with van der Waals surface area (Å²) in [5.74, 6) is -1.60. The zero-order valence-electron chi connectivity index (χ0n) is 15.2. The molecule has 2 aromatic carbocycles. The number of methoxy groups -OCH3 is 1. The highest BCUT2D eigenvalue weighted by Gasteiger charge is 2.33. The first-order valence-electron chi connectivity index (χ1n) is 8.31. The molecule has 1 heterocycles. The summed E-state index contributed by atoms with van der Waals surface area (Å²) in [6.07, 6.45) is 1.58. The Labute approximate surface area is 175 Å². The maximum absolute atomic E-state index is 12.4. The van der Waals surface area contributed by atoms with Crippen LogP contribution in [-0.2, 0) is 9.59 Å². The average Bonchev–Trinajstić information content (AvgIpc) is 2.96. The van der Waals surface area contributed by atoms with Gasteiger partial charge >= 0.3 is 11.9 Å². The number of carbonyl (C=O) groups excluding carboxylic acids is 2. The third-order valence-corrected chi connectivity index (χ3v) is 5.24. The highest BCUT2D eigenvalue weighted by Crippen LogP contribution is 2.34. The van der Waals surface area contributed by atoms with E-state index in [-0.39, 0.29) is 10.1 Å². The van der Waals surface area contributed by atoms with Crippen LogP contribution in [0.3, 0.4) is 0 Å². The molecule has 1 N–H and O–H groups in total. The van der Waals surface area contributed by atoms with Gasteiger partial charge in [0.1, 0.15) is 10.9 Å². The van der Waals surface area contributed by atoms with Crippen molar-refractivity contribution in [3.63, 3.8) is 0 Å². The van der Waals surface area contributed by atoms with Gasteiger partial charge in [-0.15, -0.1) is 0 Å². The topological polar surface area (TPSA) is 93.1 Å². The molecule has 29 heavy (non-hydrogen) atoms. The molecule has 0 aromatic heterocycles. The molecule has 0 unspecified atom stereocenters. The molecule has 0 radical (unpaired) electrons. The Morgan fingerprint density at radius 2 is 1.90 bits per heavy atom. The Kier molecular flexibility index (Phi) is 6.30. The minimum absolute atomic E-state index is 0.184. The fraction of sp³-hybridized carbons (Fsp3) is 0.100. The van der Waals surface area contributed by atoms with E-state index in [1.807, 2.05) is 0 Å². The van der Waals surface area contributed by atoms with Crippen LogP contribution in [-0.4, -0.2) is 45.8 Å². The van der Waals surface area contributed by atoms with Gasteiger partial charge in [-0.05, 0) is 35.9 Å². The molecular formula is C20H15NO6S2. The summed E-state index contributed by atoms with van der Waals surface area (Å²) in [7, 11) is 1.44. The second-order valence-electron chi connectivity index (χ2n) is 5.83. The van der Waals surface area contributed by atoms with Gasteiger partial charge in [0.05, 0.1) is 17.6 Å². The van der Waals surface area contributed by atoms with Crippen molar-refractivity contribution in [2.75, 3.05) is 13.7 Å². The molecule has 1 aliphatic rings. The lowest BCUT2D eigenvalue weighted by Crippen LogP contribution is -2.33. The van der Waals surface area contributed by atoms with Crippen LogP contribution in [0.2, 0.25) is 0 Å². The van der Waals surface area contributed by atoms with Gasteiger partial charge in [-0.25, -0.2) is 4.79 Å². The Bertz CT molecular complexity index is 1020. The second-order valence-corrected chi connectivity index (χ2v) is 7.50. The SMILES string of the molecule is COc1cc(/C=C2/SC(=S)N(CC(=O)O)C2=O)ccc1OC(=O)c1ccccc1. The number of thioether (sulfide) groups is 1. The number of amides is 1. The molecule has 148 valence electrons. The van der Waals surface area contributed by atoms with E-state index in [2.05, 4.69) is 0 Å². The van der Waals surface area contributed by atoms with Crippen LogP contribution in [0.5, 0.6) is 11.5 Å². The maximum atomic E-state index is 12.4. The largest absolute Gasteiger partial charge is 0.493 e. The van der Waals surface area contributed by atoms with Crippen LogP contribution in [0, 0.1) is 0 Å². The van der Waals surface area contributed by atoms with Gasteiger partial charge in [-0.3, -0.25) is 14.5 Å². The molecule has 0 bridgehead atoms. The molecule has 0 saturated carbocycles. The lowest BCUT2D eigenvalue weighted by molar-refractivity contribution is -0.140. The van der Waals surface area contributed by atoms with Crippen molar-refractivity contribution >= 4 is 52.2 Å². The zero-order chi connectivity index (χ0) is 21.0. The van der Waals surface area contributed by atoms with Crippen molar-refractivity contribution in [2.24, 2.45) is 0 Å². The third kappa shape index (κ3) is 4.82. The van der Waals surface area contributed by atoms with Crippen molar-refractivity contribution in [1.29, 1.82) is 0 Å². The number of thiocarbonyl (C=S) groups is 1. The molecule has 0 atom stereocenters. The van der Waals surface area contributed by atoms with E-state index in [0.717, 1.165) is 16.7 Å². The summed E-state index contributed by atoms with van der Waals surface area (Å²) >= 11 is 6.10. The third-order valence-electron chi connectivity index (χ3n) is 3.86. The van der Waals surface area contributed by atoms with Crippen molar-refractivity contribution in [3.05, 3.63) is 64.6 Å². The first-order chi connectivity index (χ1) is 13.9. The Morgan fingerprint density at radius 1 is 1.17 bits per heavy atom. The second kappa shape index (κ2) is 8.89. The van der Waals surface area contributed by atoms with E-state index in [9.17, 15) is 14.4 Å². The van der Waals surface area contributed by atoms with Crippen LogP contribution >= 0.6 is 24.0 Å². The summed E-state index contributed by atoms with van der Waals surface area (Å²) in [6, 6.07) is 13.4. The highest BCUT2D eigenvalue weighted by atomic mass is 32.2. The summed E-state index contributed by atoms with van der Waals surface area (Å²) in [4.78, 5) is 36.8. The van der Waals surface area contributed by atoms with Crippen LogP contribution in [0.4, 0.5) is 0 Å². The summed E-state index contributed by atoms with van der Waals surface area (Å²) in [5, 5.41) is 8.90. The summed E-state index contributed by atoms with van der Waals surface area (Å²) in [5.41, 5.74) is 1.01. The van der Waals surface area contributed by atoms with Crippen LogP contribution in [0.15, 0.2) is 53.4 Å². The van der Waals surface area contributed by atoms with Crippen LogP contribution in [0.1, 0.15) is 15.9 Å². The first kappa shape index (κ1) is 20.6. The van der Waals surface area contributed by atoms with Crippen molar-refractivity contribution < 1.29 is 29.0 Å². The predicted molar refractivity (Wildman–Crippen MR) is 112 cm³/mol. The van der Waals surface area contributed by atoms with E-state index >= 15 is 0 Å². The van der Waals surface area contributed by atoms with E-state index in [1.165, 1.54) is 7.11 Å². The maximum Gasteiger partial charge on any atom is 0.343 e. The molecular weight excluding hydrogens is 414 g/mol. The van der Waals surface area contributed by atoms with Crippen LogP contribution < -0.4 is 9.47 Å². The Morgan fingerprint density at radius 3 is 2.55 bits per heavy atom. The molecule has 1 aliphatic heterocycles. The van der Waals surface area contributed by atoms with Crippen molar-refractivity contribution in [2.45, 2.75) is 0 Å². The van der Waals surface area contributed by atoms with Crippen LogP contribution in [0.25, 0.3) is 6.08 Å². The molecule has 7 nitrogen and oxygen atoms in total. The molecule has 2 aromatic rings. The number of ether oxygens (including phenoxy) is 2. The number of rotatable bonds is 6. The van der Waals surface area contributed by atoms with Gasteiger partial charge < -0.3 is 14.6 Å². The number of nitrogens with zero attached hydrogens (tertiary/aromatic N) is 1. The molecule has 1 fully saturated rings. The Hall–Kier alpha value is -3.17. The molecule has 9 heteroatoms. The smallest absolute Gasteiger partial charge is 0.343 e. The van der Waals surface area contributed by atoms with E-state index in [1.54, 1.807) is 54.6 Å². The number of esters is 1. The number of carboxylic acids is 1. The van der Waals surface area contributed by atoms with Gasteiger partial charge in [0.2, 0.25) is 0 Å². The summed E-state index contributed by atoms with van der Waals surface area (Å²) < 4.78 is 10.9. The standard InChI is InChI=1S/C20H15NO6S2/c1-26-15-9-12(10-16-18(24)21(11-17(22)23)20(28)29-16)7-8-14(15)27-19(25)13-5-3-2-4-6-13/h2-10H,11H2,1H3,(H,22,23)/b16-10+. The fourth-order valence-corrected chi connectivity index (χ4v) is 3.77. The van der Waals surface area contributed by atoms with Crippen molar-refractivity contribution in [3.8, 4) is 11.5 Å². The van der Waals surface area contributed by atoms with Crippen molar-refractivity contribution in [1.82, 2.24) is 4.90 Å². The quantitative estimate of drug-likeness (QED) is 0.324. The fourth-order valence-electron chi connectivity index (χ4n) is 2.51. The number of benzene rings is 2. The van der Waals surface area contributed by atoms with E-state index < -0.39 is 24.4 Å². The highest BCUT2D eigenvalue weighted by molar-refractivity contribution is 8.26. The van der Waals surface area contributed by atoms with E-state index in [0.29, 0.717) is 21.8 Å². The molecule has 0 spiro atoms. The normalized spacial score (nSPS) is 14.9. The number of aliphatic carboxylic acids is 1. The van der Waals surface area contributed by atoms with Gasteiger partial charge in [0, 0.05) is 0 Å². The predicted octanol–water partition coefficient (Wildman–Crippen LogP) is 3.20. The van der Waals surface area contributed by atoms with Gasteiger partial charge in [-0.2, -0.15) is 0 Å². The van der Waals surface area contributed by atoms with Gasteiger partial charge in [-0.1, -0.05) is 48.2 Å². The number of hydrogen-bond acceptors (Lipinski definition) is 7. The Balaban J connectivity index is 1.81. The molecule has 1 amide bonds. The minimum atomic E-state index is -1.14. The van der Waals surface area contributed by atoms with Gasteiger partial charge in [0.15, 0.2) is 11.5 Å². The summed E-state index contributed by atoms with van der Waals surface area (Å²) in [6.45, 7) is -0.486. The molecule has 3 rings (SSSR count). The lowest BCUT2D eigenvalue weighted by Gasteiger charge is -2.11. The lowest BCUT2D eigenvalue weighted by atomic mass is 10.1. The monoisotopic (exact) mass is 429 g/mol. The minimum Gasteiger partial charge on any atom is -0.493 e. The number of carbonyl (C=O) groups is 3. The first-order valence-corrected chi connectivity index (χ1v) is 9.54. The zero-order valence-corrected chi connectivity index (χ0v) is 16.8.